The summed E-state index contributed by atoms with van der Waals surface area (Å²) in [5.41, 5.74) is 3.05. The molecule has 1 atom stereocenters. The van der Waals surface area contributed by atoms with Crippen LogP contribution in [0.3, 0.4) is 0 Å². The summed E-state index contributed by atoms with van der Waals surface area (Å²) in [6.45, 7) is 3.08. The first kappa shape index (κ1) is 21.8. The number of hydrogen-bond donors (Lipinski definition) is 2. The van der Waals surface area contributed by atoms with Crippen molar-refractivity contribution >= 4 is 10.0 Å². The number of hydrogen-bond acceptors (Lipinski definition) is 3. The van der Waals surface area contributed by atoms with Gasteiger partial charge in [0.15, 0.2) is 0 Å². The number of sulfonamides is 1. The average Bonchev–Trinajstić information content (AvgIpc) is 2.63. The smallest absolute Gasteiger partial charge is 0.314 e. The number of nitrogens with one attached hydrogen (secondary N) is 1. The second-order valence-electron chi connectivity index (χ2n) is 7.54. The molecule has 1 aliphatic rings. The highest BCUT2D eigenvalue weighted by Crippen LogP contribution is 2.33. The van der Waals surface area contributed by atoms with Crippen LogP contribution in [0.15, 0.2) is 41.3 Å². The SMILES string of the molecule is CCCN[C@H]1CCc2cc(-c3cc(CC(F)(F)F)ccc3S(N)(=O)=O)ccc2C1. The minimum absolute atomic E-state index is 0.00134. The second-order valence-corrected chi connectivity index (χ2v) is 9.07. The third-order valence-corrected chi connectivity index (χ3v) is 6.15. The van der Waals surface area contributed by atoms with Crippen molar-refractivity contribution in [3.8, 4) is 11.1 Å². The lowest BCUT2D eigenvalue weighted by Crippen LogP contribution is -2.34. The van der Waals surface area contributed by atoms with Crippen molar-refractivity contribution in [1.29, 1.82) is 0 Å². The summed E-state index contributed by atoms with van der Waals surface area (Å²) >= 11 is 0. The molecule has 0 bridgehead atoms. The predicted octanol–water partition coefficient (Wildman–Crippen LogP) is 3.96. The molecular weight excluding hydrogens is 401 g/mol. The molecule has 0 unspecified atom stereocenters. The molecule has 0 aromatic heterocycles. The van der Waals surface area contributed by atoms with E-state index in [0.717, 1.165) is 43.9 Å². The lowest BCUT2D eigenvalue weighted by atomic mass is 9.86. The molecule has 2 aromatic carbocycles. The highest BCUT2D eigenvalue weighted by atomic mass is 32.2. The van der Waals surface area contributed by atoms with Crippen LogP contribution in [0.5, 0.6) is 0 Å². The van der Waals surface area contributed by atoms with Crippen molar-refractivity contribution < 1.29 is 21.6 Å². The molecule has 158 valence electrons. The molecule has 0 spiro atoms. The van der Waals surface area contributed by atoms with Gasteiger partial charge in [-0.1, -0.05) is 31.2 Å². The van der Waals surface area contributed by atoms with Crippen molar-refractivity contribution in [2.75, 3.05) is 6.54 Å². The average molecular weight is 427 g/mol. The molecule has 0 saturated heterocycles. The first-order valence-electron chi connectivity index (χ1n) is 9.65. The third kappa shape index (κ3) is 5.58. The monoisotopic (exact) mass is 426 g/mol. The fourth-order valence-corrected chi connectivity index (χ4v) is 4.58. The van der Waals surface area contributed by atoms with E-state index in [1.807, 2.05) is 12.1 Å². The summed E-state index contributed by atoms with van der Waals surface area (Å²) in [6, 6.07) is 9.60. The summed E-state index contributed by atoms with van der Waals surface area (Å²) in [7, 11) is -4.07. The van der Waals surface area contributed by atoms with E-state index in [4.69, 9.17) is 5.14 Å². The van der Waals surface area contributed by atoms with Crippen LogP contribution in [0, 0.1) is 0 Å². The van der Waals surface area contributed by atoms with Gasteiger partial charge in [-0.15, -0.1) is 0 Å². The van der Waals surface area contributed by atoms with Crippen LogP contribution in [-0.2, 0) is 29.3 Å². The summed E-state index contributed by atoms with van der Waals surface area (Å²) < 4.78 is 62.4. The Morgan fingerprint density at radius 1 is 1.14 bits per heavy atom. The van der Waals surface area contributed by atoms with E-state index >= 15 is 0 Å². The highest BCUT2D eigenvalue weighted by Gasteiger charge is 2.29. The Balaban J connectivity index is 1.98. The third-order valence-electron chi connectivity index (χ3n) is 5.18. The number of fused-ring (bicyclic) bond motifs is 1. The lowest BCUT2D eigenvalue weighted by Gasteiger charge is -2.26. The number of primary sulfonamides is 1. The first-order chi connectivity index (χ1) is 13.6. The standard InChI is InChI=1S/C21H25F3N2O2S/c1-2-9-26-18-7-6-15-11-17(5-4-16(15)12-18)19-10-14(13-21(22,23)24)3-8-20(19)29(25,27)28/h3-5,8,10-11,18,26H,2,6-7,9,12-13H2,1H3,(H2,25,27,28)/t18-/m0/s1. The van der Waals surface area contributed by atoms with Crippen LogP contribution < -0.4 is 10.5 Å². The number of aryl methyl sites for hydroxylation is 1. The number of rotatable bonds is 6. The zero-order chi connectivity index (χ0) is 21.2. The van der Waals surface area contributed by atoms with Gasteiger partial charge in [-0.3, -0.25) is 0 Å². The molecule has 2 aromatic rings. The van der Waals surface area contributed by atoms with Crippen LogP contribution >= 0.6 is 0 Å². The topological polar surface area (TPSA) is 72.2 Å². The van der Waals surface area contributed by atoms with E-state index in [2.05, 4.69) is 12.2 Å². The van der Waals surface area contributed by atoms with Gasteiger partial charge >= 0.3 is 6.18 Å². The highest BCUT2D eigenvalue weighted by molar-refractivity contribution is 7.89. The molecule has 0 amide bonds. The molecule has 3 rings (SSSR count). The summed E-state index contributed by atoms with van der Waals surface area (Å²) in [5, 5.41) is 8.83. The zero-order valence-corrected chi connectivity index (χ0v) is 17.0. The van der Waals surface area contributed by atoms with Gasteiger partial charge in [0.1, 0.15) is 0 Å². The molecule has 0 heterocycles. The summed E-state index contributed by atoms with van der Waals surface area (Å²) in [6.07, 6.45) is -1.76. The first-order valence-corrected chi connectivity index (χ1v) is 11.2. The molecule has 4 nitrogen and oxygen atoms in total. The van der Waals surface area contributed by atoms with Crippen molar-refractivity contribution in [2.24, 2.45) is 5.14 Å². The molecular formula is C21H25F3N2O2S. The Bertz CT molecular complexity index is 988. The van der Waals surface area contributed by atoms with Crippen molar-refractivity contribution in [2.45, 2.75) is 56.1 Å². The van der Waals surface area contributed by atoms with E-state index in [-0.39, 0.29) is 16.0 Å². The molecule has 0 radical (unpaired) electrons. The van der Waals surface area contributed by atoms with Crippen LogP contribution in [0.4, 0.5) is 13.2 Å². The molecule has 1 aliphatic carbocycles. The van der Waals surface area contributed by atoms with Gasteiger partial charge in [0, 0.05) is 11.6 Å². The van der Waals surface area contributed by atoms with Gasteiger partial charge in [0.25, 0.3) is 0 Å². The molecule has 8 heteroatoms. The molecule has 0 saturated carbocycles. The van der Waals surface area contributed by atoms with Gasteiger partial charge < -0.3 is 5.32 Å². The fourth-order valence-electron chi connectivity index (χ4n) is 3.84. The summed E-state index contributed by atoms with van der Waals surface area (Å²) in [4.78, 5) is -0.165. The van der Waals surface area contributed by atoms with Gasteiger partial charge in [-0.05, 0) is 66.6 Å². The normalized spacial score (nSPS) is 17.2. The van der Waals surface area contributed by atoms with Crippen molar-refractivity contribution in [1.82, 2.24) is 5.32 Å². The minimum Gasteiger partial charge on any atom is -0.314 e. The van der Waals surface area contributed by atoms with Gasteiger partial charge in [-0.2, -0.15) is 13.2 Å². The van der Waals surface area contributed by atoms with Gasteiger partial charge in [0.05, 0.1) is 11.3 Å². The van der Waals surface area contributed by atoms with Crippen molar-refractivity contribution in [3.63, 3.8) is 0 Å². The second kappa shape index (κ2) is 8.45. The number of nitrogens with two attached hydrogens (primary N) is 1. The Labute approximate surface area is 169 Å². The van der Waals surface area contributed by atoms with E-state index < -0.39 is 22.6 Å². The van der Waals surface area contributed by atoms with Gasteiger partial charge in [-0.25, -0.2) is 13.6 Å². The maximum Gasteiger partial charge on any atom is 0.393 e. The van der Waals surface area contributed by atoms with Crippen LogP contribution in [-0.4, -0.2) is 27.2 Å². The molecule has 0 aliphatic heterocycles. The Morgan fingerprint density at radius 3 is 2.55 bits per heavy atom. The number of halogens is 3. The lowest BCUT2D eigenvalue weighted by molar-refractivity contribution is -0.127. The van der Waals surface area contributed by atoms with Crippen LogP contribution in [0.25, 0.3) is 11.1 Å². The van der Waals surface area contributed by atoms with Crippen molar-refractivity contribution in [3.05, 3.63) is 53.1 Å². The fraction of sp³-hybridized carbons (Fsp3) is 0.429. The Kier molecular flexibility index (Phi) is 6.36. The Morgan fingerprint density at radius 2 is 1.90 bits per heavy atom. The van der Waals surface area contributed by atoms with E-state index in [9.17, 15) is 21.6 Å². The zero-order valence-electron chi connectivity index (χ0n) is 16.2. The minimum atomic E-state index is -4.38. The molecule has 0 fully saturated rings. The molecule has 3 N–H and O–H groups in total. The maximum absolute atomic E-state index is 12.8. The maximum atomic E-state index is 12.8. The quantitative estimate of drug-likeness (QED) is 0.734. The number of benzene rings is 2. The largest absolute Gasteiger partial charge is 0.393 e. The predicted molar refractivity (Wildman–Crippen MR) is 107 cm³/mol. The van der Waals surface area contributed by atoms with E-state index in [0.29, 0.717) is 11.6 Å². The number of alkyl halides is 3. The summed E-state index contributed by atoms with van der Waals surface area (Å²) in [5.74, 6) is 0. The Hall–Kier alpha value is -1.90. The van der Waals surface area contributed by atoms with Crippen LogP contribution in [0.1, 0.15) is 36.5 Å². The van der Waals surface area contributed by atoms with Crippen LogP contribution in [0.2, 0.25) is 0 Å². The van der Waals surface area contributed by atoms with Gasteiger partial charge in [0.2, 0.25) is 10.0 Å². The molecule has 29 heavy (non-hydrogen) atoms. The van der Waals surface area contributed by atoms with E-state index in [1.165, 1.54) is 17.7 Å². The van der Waals surface area contributed by atoms with E-state index in [1.54, 1.807) is 6.07 Å².